The van der Waals surface area contributed by atoms with Gasteiger partial charge in [0.15, 0.2) is 0 Å². The smallest absolute Gasteiger partial charge is 0.410 e. The molecule has 4 heteroatoms. The Hall–Kier alpha value is -1.55. The van der Waals surface area contributed by atoms with Crippen molar-refractivity contribution in [3.8, 4) is 5.75 Å². The van der Waals surface area contributed by atoms with Crippen LogP contribution in [0.15, 0.2) is 30.3 Å². The van der Waals surface area contributed by atoms with Gasteiger partial charge in [-0.1, -0.05) is 25.1 Å². The summed E-state index contributed by atoms with van der Waals surface area (Å²) >= 11 is 0. The van der Waals surface area contributed by atoms with Crippen molar-refractivity contribution in [3.05, 3.63) is 30.3 Å². The first-order chi connectivity index (χ1) is 8.79. The van der Waals surface area contributed by atoms with Crippen LogP contribution in [0.3, 0.4) is 0 Å². The molecule has 1 aliphatic rings. The van der Waals surface area contributed by atoms with E-state index in [9.17, 15) is 4.79 Å². The topological polar surface area (TPSA) is 32.8 Å². The van der Waals surface area contributed by atoms with Crippen molar-refractivity contribution in [2.75, 3.05) is 32.7 Å². The summed E-state index contributed by atoms with van der Waals surface area (Å²) in [4.78, 5) is 16.2. The maximum atomic E-state index is 12.0. The lowest BCUT2D eigenvalue weighted by Gasteiger charge is -2.20. The Kier molecular flexibility index (Phi) is 4.59. The Labute approximate surface area is 108 Å². The molecule has 0 unspecified atom stereocenters. The Morgan fingerprint density at radius 3 is 2.67 bits per heavy atom. The lowest BCUT2D eigenvalue weighted by molar-refractivity contribution is 0.153. The van der Waals surface area contributed by atoms with Crippen LogP contribution in [0, 0.1) is 0 Å². The Bertz CT molecular complexity index is 381. The average molecular weight is 248 g/mol. The summed E-state index contributed by atoms with van der Waals surface area (Å²) in [6.45, 7) is 6.72. The lowest BCUT2D eigenvalue weighted by Crippen LogP contribution is -2.37. The van der Waals surface area contributed by atoms with Gasteiger partial charge in [0.05, 0.1) is 0 Å². The highest BCUT2D eigenvalue weighted by atomic mass is 16.6. The molecule has 1 aliphatic heterocycles. The molecule has 1 aromatic rings. The van der Waals surface area contributed by atoms with E-state index < -0.39 is 0 Å². The van der Waals surface area contributed by atoms with Gasteiger partial charge in [0, 0.05) is 19.6 Å². The largest absolute Gasteiger partial charge is 0.415 e. The van der Waals surface area contributed by atoms with E-state index in [0.29, 0.717) is 5.75 Å². The molecule has 98 valence electrons. The zero-order valence-corrected chi connectivity index (χ0v) is 10.8. The Morgan fingerprint density at radius 2 is 1.94 bits per heavy atom. The predicted octanol–water partition coefficient (Wildman–Crippen LogP) is 2.21. The molecule has 1 saturated heterocycles. The summed E-state index contributed by atoms with van der Waals surface area (Å²) in [6.07, 6.45) is 0.775. The number of nitrogens with zero attached hydrogens (tertiary/aromatic N) is 2. The molecule has 1 amide bonds. The highest BCUT2D eigenvalue weighted by Gasteiger charge is 2.19. The van der Waals surface area contributed by atoms with Crippen LogP contribution in [-0.2, 0) is 0 Å². The zero-order valence-electron chi connectivity index (χ0n) is 10.8. The minimum atomic E-state index is -0.237. The van der Waals surface area contributed by atoms with E-state index in [4.69, 9.17) is 4.74 Å². The van der Waals surface area contributed by atoms with Crippen LogP contribution in [0.2, 0.25) is 0 Å². The van der Waals surface area contributed by atoms with Gasteiger partial charge in [-0.05, 0) is 31.6 Å². The maximum absolute atomic E-state index is 12.0. The number of rotatable bonds is 2. The van der Waals surface area contributed by atoms with Gasteiger partial charge in [-0.2, -0.15) is 0 Å². The van der Waals surface area contributed by atoms with Gasteiger partial charge in [0.1, 0.15) is 5.75 Å². The number of ether oxygens (including phenoxy) is 1. The minimum absolute atomic E-state index is 0.237. The number of amides is 1. The van der Waals surface area contributed by atoms with E-state index in [2.05, 4.69) is 11.8 Å². The molecular weight excluding hydrogens is 228 g/mol. The number of carbonyl (C=O) groups is 1. The molecule has 4 nitrogen and oxygen atoms in total. The molecule has 0 radical (unpaired) electrons. The van der Waals surface area contributed by atoms with Crippen molar-refractivity contribution in [3.63, 3.8) is 0 Å². The van der Waals surface area contributed by atoms with Gasteiger partial charge >= 0.3 is 6.09 Å². The van der Waals surface area contributed by atoms with Crippen LogP contribution in [0.25, 0.3) is 0 Å². The molecule has 0 atom stereocenters. The van der Waals surface area contributed by atoms with E-state index >= 15 is 0 Å². The van der Waals surface area contributed by atoms with Crippen LogP contribution >= 0.6 is 0 Å². The summed E-state index contributed by atoms with van der Waals surface area (Å²) in [6, 6.07) is 9.23. The molecule has 0 spiro atoms. The van der Waals surface area contributed by atoms with Crippen molar-refractivity contribution in [2.24, 2.45) is 0 Å². The third-order valence-corrected chi connectivity index (χ3v) is 3.24. The van der Waals surface area contributed by atoms with E-state index in [0.717, 1.165) is 39.1 Å². The number of likely N-dealkylation sites (N-methyl/N-ethyl adjacent to an activating group) is 1. The molecule has 1 fully saturated rings. The third-order valence-electron chi connectivity index (χ3n) is 3.24. The normalized spacial score (nSPS) is 17.3. The first kappa shape index (κ1) is 12.9. The zero-order chi connectivity index (χ0) is 12.8. The molecule has 2 rings (SSSR count). The molecule has 0 aromatic heterocycles. The fourth-order valence-corrected chi connectivity index (χ4v) is 2.12. The number of carbonyl (C=O) groups excluding carboxylic acids is 1. The summed E-state index contributed by atoms with van der Waals surface area (Å²) in [5.74, 6) is 0.610. The summed E-state index contributed by atoms with van der Waals surface area (Å²) in [7, 11) is 0. The molecule has 1 heterocycles. The molecule has 0 aliphatic carbocycles. The van der Waals surface area contributed by atoms with Crippen LogP contribution in [0.4, 0.5) is 4.79 Å². The van der Waals surface area contributed by atoms with Crippen LogP contribution in [-0.4, -0.2) is 48.6 Å². The molecule has 18 heavy (non-hydrogen) atoms. The predicted molar refractivity (Wildman–Crippen MR) is 70.8 cm³/mol. The highest BCUT2D eigenvalue weighted by Crippen LogP contribution is 2.11. The van der Waals surface area contributed by atoms with Crippen molar-refractivity contribution < 1.29 is 9.53 Å². The second kappa shape index (κ2) is 6.40. The summed E-state index contributed by atoms with van der Waals surface area (Å²) in [5, 5.41) is 0. The van der Waals surface area contributed by atoms with Gasteiger partial charge < -0.3 is 14.5 Å². The maximum Gasteiger partial charge on any atom is 0.415 e. The fourth-order valence-electron chi connectivity index (χ4n) is 2.12. The van der Waals surface area contributed by atoms with Crippen molar-refractivity contribution in [1.82, 2.24) is 9.80 Å². The van der Waals surface area contributed by atoms with Gasteiger partial charge in [0.2, 0.25) is 0 Å². The number of hydrogen-bond donors (Lipinski definition) is 0. The van der Waals surface area contributed by atoms with Gasteiger partial charge in [-0.25, -0.2) is 4.79 Å². The monoisotopic (exact) mass is 248 g/mol. The van der Waals surface area contributed by atoms with Gasteiger partial charge in [-0.3, -0.25) is 0 Å². The molecular formula is C14H20N2O2. The Morgan fingerprint density at radius 1 is 1.17 bits per heavy atom. The Balaban J connectivity index is 1.89. The summed E-state index contributed by atoms with van der Waals surface area (Å²) in [5.41, 5.74) is 0. The van der Waals surface area contributed by atoms with Gasteiger partial charge in [-0.15, -0.1) is 0 Å². The van der Waals surface area contributed by atoms with Gasteiger partial charge in [0.25, 0.3) is 0 Å². The van der Waals surface area contributed by atoms with E-state index in [1.165, 1.54) is 0 Å². The minimum Gasteiger partial charge on any atom is -0.410 e. The highest BCUT2D eigenvalue weighted by molar-refractivity contribution is 5.70. The SMILES string of the molecule is CCN1CCCN(C(=O)Oc2ccccc2)CC1. The molecule has 0 bridgehead atoms. The lowest BCUT2D eigenvalue weighted by atomic mass is 10.3. The van der Waals surface area contributed by atoms with Crippen LogP contribution < -0.4 is 4.74 Å². The molecule has 0 saturated carbocycles. The molecule has 0 N–H and O–H groups in total. The standard InChI is InChI=1S/C14H20N2O2/c1-2-15-9-6-10-16(12-11-15)14(17)18-13-7-4-3-5-8-13/h3-5,7-8H,2,6,9-12H2,1H3. The van der Waals surface area contributed by atoms with E-state index in [-0.39, 0.29) is 6.09 Å². The molecule has 1 aromatic carbocycles. The van der Waals surface area contributed by atoms with Crippen molar-refractivity contribution in [1.29, 1.82) is 0 Å². The van der Waals surface area contributed by atoms with Crippen molar-refractivity contribution >= 4 is 6.09 Å². The number of hydrogen-bond acceptors (Lipinski definition) is 3. The van der Waals surface area contributed by atoms with Crippen LogP contribution in [0.1, 0.15) is 13.3 Å². The number of benzene rings is 1. The third kappa shape index (κ3) is 3.47. The second-order valence-electron chi connectivity index (χ2n) is 4.46. The van der Waals surface area contributed by atoms with E-state index in [1.54, 1.807) is 17.0 Å². The number of para-hydroxylation sites is 1. The van der Waals surface area contributed by atoms with E-state index in [1.807, 2.05) is 18.2 Å². The fraction of sp³-hybridized carbons (Fsp3) is 0.500. The first-order valence-corrected chi connectivity index (χ1v) is 6.53. The van der Waals surface area contributed by atoms with Crippen molar-refractivity contribution in [2.45, 2.75) is 13.3 Å². The quantitative estimate of drug-likeness (QED) is 0.804. The first-order valence-electron chi connectivity index (χ1n) is 6.53. The summed E-state index contributed by atoms with van der Waals surface area (Å²) < 4.78 is 5.35. The second-order valence-corrected chi connectivity index (χ2v) is 4.46. The van der Waals surface area contributed by atoms with Crippen LogP contribution in [0.5, 0.6) is 5.75 Å². The average Bonchev–Trinajstić information content (AvgIpc) is 2.65.